The number of pyridine rings is 1. The van der Waals surface area contributed by atoms with Crippen LogP contribution in [0.5, 0.6) is 5.88 Å². The second-order valence-corrected chi connectivity index (χ2v) is 4.91. The van der Waals surface area contributed by atoms with Gasteiger partial charge in [0.25, 0.3) is 0 Å². The summed E-state index contributed by atoms with van der Waals surface area (Å²) in [6.45, 7) is 2.99. The van der Waals surface area contributed by atoms with E-state index in [-0.39, 0.29) is 5.28 Å². The molecule has 1 saturated heterocycles. The Morgan fingerprint density at radius 1 is 1.24 bits per heavy atom. The van der Waals surface area contributed by atoms with E-state index in [2.05, 4.69) is 19.9 Å². The van der Waals surface area contributed by atoms with Gasteiger partial charge in [0.05, 0.1) is 26.0 Å². The van der Waals surface area contributed by atoms with Crippen LogP contribution in [0.2, 0.25) is 5.28 Å². The number of hydrogen-bond donors (Lipinski definition) is 0. The minimum atomic E-state index is 0.227. The number of methoxy groups -OCH3 is 1. The summed E-state index contributed by atoms with van der Waals surface area (Å²) in [7, 11) is 1.58. The van der Waals surface area contributed by atoms with E-state index in [1.807, 2.05) is 12.1 Å². The fourth-order valence-corrected chi connectivity index (χ4v) is 2.34. The zero-order chi connectivity index (χ0) is 14.7. The molecule has 0 saturated carbocycles. The summed E-state index contributed by atoms with van der Waals surface area (Å²) in [6.07, 6.45) is 1.71. The number of hydrogen-bond acceptors (Lipinski definition) is 6. The SMILES string of the molecule is COc1ccc(-c2cc(N3CCOCC3)nc(Cl)n2)cn1. The lowest BCUT2D eigenvalue weighted by molar-refractivity contribution is 0.122. The Hall–Kier alpha value is -1.92. The Kier molecular flexibility index (Phi) is 4.17. The average molecular weight is 307 g/mol. The molecule has 7 heteroatoms. The van der Waals surface area contributed by atoms with Gasteiger partial charge < -0.3 is 14.4 Å². The molecule has 0 spiro atoms. The van der Waals surface area contributed by atoms with Gasteiger partial charge >= 0.3 is 0 Å². The molecule has 110 valence electrons. The smallest absolute Gasteiger partial charge is 0.224 e. The molecule has 1 aliphatic heterocycles. The molecule has 2 aromatic heterocycles. The maximum absolute atomic E-state index is 6.05. The van der Waals surface area contributed by atoms with Crippen molar-refractivity contribution in [2.45, 2.75) is 0 Å². The van der Waals surface area contributed by atoms with Crippen molar-refractivity contribution in [1.29, 1.82) is 0 Å². The Morgan fingerprint density at radius 3 is 2.71 bits per heavy atom. The molecule has 0 N–H and O–H groups in total. The highest BCUT2D eigenvalue weighted by molar-refractivity contribution is 6.28. The molecule has 1 aliphatic rings. The predicted octanol–water partition coefficient (Wildman–Crippen LogP) is 2.04. The van der Waals surface area contributed by atoms with Crippen molar-refractivity contribution in [1.82, 2.24) is 15.0 Å². The monoisotopic (exact) mass is 306 g/mol. The summed E-state index contributed by atoms with van der Waals surface area (Å²) in [4.78, 5) is 14.9. The van der Waals surface area contributed by atoms with Crippen molar-refractivity contribution in [3.63, 3.8) is 0 Å². The summed E-state index contributed by atoms with van der Waals surface area (Å²) in [5, 5.41) is 0.227. The normalized spacial score (nSPS) is 15.0. The lowest BCUT2D eigenvalue weighted by atomic mass is 10.2. The van der Waals surface area contributed by atoms with Crippen molar-refractivity contribution in [2.24, 2.45) is 0 Å². The van der Waals surface area contributed by atoms with E-state index in [1.54, 1.807) is 19.4 Å². The van der Waals surface area contributed by atoms with Gasteiger partial charge in [-0.2, -0.15) is 0 Å². The van der Waals surface area contributed by atoms with Gasteiger partial charge in [-0.1, -0.05) is 0 Å². The number of aromatic nitrogens is 3. The molecule has 0 aliphatic carbocycles. The minimum Gasteiger partial charge on any atom is -0.481 e. The van der Waals surface area contributed by atoms with Crippen molar-refractivity contribution in [3.8, 4) is 17.1 Å². The predicted molar refractivity (Wildman–Crippen MR) is 79.9 cm³/mol. The first-order valence-corrected chi connectivity index (χ1v) is 7.02. The molecule has 6 nitrogen and oxygen atoms in total. The highest BCUT2D eigenvalue weighted by Gasteiger charge is 2.15. The van der Waals surface area contributed by atoms with Gasteiger partial charge in [-0.15, -0.1) is 0 Å². The number of nitrogens with zero attached hydrogens (tertiary/aromatic N) is 4. The summed E-state index contributed by atoms with van der Waals surface area (Å²) in [5.74, 6) is 1.37. The molecule has 2 aromatic rings. The minimum absolute atomic E-state index is 0.227. The van der Waals surface area contributed by atoms with Gasteiger partial charge in [-0.3, -0.25) is 0 Å². The Labute approximate surface area is 127 Å². The molecule has 0 aromatic carbocycles. The van der Waals surface area contributed by atoms with Gasteiger partial charge in [-0.05, 0) is 17.7 Å². The van der Waals surface area contributed by atoms with Crippen LogP contribution in [-0.4, -0.2) is 48.4 Å². The van der Waals surface area contributed by atoms with Gasteiger partial charge in [0.15, 0.2) is 0 Å². The third-order valence-corrected chi connectivity index (χ3v) is 3.43. The molecule has 0 radical (unpaired) electrons. The van der Waals surface area contributed by atoms with E-state index in [4.69, 9.17) is 21.1 Å². The topological polar surface area (TPSA) is 60.4 Å². The van der Waals surface area contributed by atoms with Crippen LogP contribution in [0.25, 0.3) is 11.3 Å². The van der Waals surface area contributed by atoms with Crippen LogP contribution in [0.3, 0.4) is 0 Å². The van der Waals surface area contributed by atoms with Gasteiger partial charge in [0, 0.05) is 37.0 Å². The number of anilines is 1. The fourth-order valence-electron chi connectivity index (χ4n) is 2.16. The quantitative estimate of drug-likeness (QED) is 0.809. The van der Waals surface area contributed by atoms with Crippen LogP contribution < -0.4 is 9.64 Å². The molecule has 0 unspecified atom stereocenters. The van der Waals surface area contributed by atoms with Crippen molar-refractivity contribution >= 4 is 17.4 Å². The van der Waals surface area contributed by atoms with E-state index in [9.17, 15) is 0 Å². The summed E-state index contributed by atoms with van der Waals surface area (Å²) in [6, 6.07) is 5.61. The van der Waals surface area contributed by atoms with Crippen LogP contribution in [0.15, 0.2) is 24.4 Å². The van der Waals surface area contributed by atoms with Gasteiger partial charge in [-0.25, -0.2) is 15.0 Å². The number of halogens is 1. The van der Waals surface area contributed by atoms with Crippen molar-refractivity contribution in [2.75, 3.05) is 38.3 Å². The van der Waals surface area contributed by atoms with E-state index >= 15 is 0 Å². The van der Waals surface area contributed by atoms with E-state index in [0.717, 1.165) is 30.2 Å². The van der Waals surface area contributed by atoms with Crippen molar-refractivity contribution in [3.05, 3.63) is 29.7 Å². The van der Waals surface area contributed by atoms with Gasteiger partial charge in [0.2, 0.25) is 11.2 Å². The summed E-state index contributed by atoms with van der Waals surface area (Å²) in [5.41, 5.74) is 1.61. The zero-order valence-corrected chi connectivity index (χ0v) is 12.4. The lowest BCUT2D eigenvalue weighted by Crippen LogP contribution is -2.36. The lowest BCUT2D eigenvalue weighted by Gasteiger charge is -2.28. The van der Waals surface area contributed by atoms with Gasteiger partial charge in [0.1, 0.15) is 5.82 Å². The van der Waals surface area contributed by atoms with Crippen molar-refractivity contribution < 1.29 is 9.47 Å². The fraction of sp³-hybridized carbons (Fsp3) is 0.357. The second-order valence-electron chi connectivity index (χ2n) is 4.57. The van der Waals surface area contributed by atoms with Crippen LogP contribution in [0, 0.1) is 0 Å². The highest BCUT2D eigenvalue weighted by Crippen LogP contribution is 2.24. The molecular weight excluding hydrogens is 292 g/mol. The first-order chi connectivity index (χ1) is 10.3. The third kappa shape index (κ3) is 3.22. The van der Waals surface area contributed by atoms with E-state index < -0.39 is 0 Å². The maximum Gasteiger partial charge on any atom is 0.224 e. The zero-order valence-electron chi connectivity index (χ0n) is 11.6. The molecule has 0 bridgehead atoms. The number of morpholine rings is 1. The largest absolute Gasteiger partial charge is 0.481 e. The van der Waals surface area contributed by atoms with Crippen LogP contribution >= 0.6 is 11.6 Å². The highest BCUT2D eigenvalue weighted by atomic mass is 35.5. The van der Waals surface area contributed by atoms with E-state index in [1.165, 1.54) is 0 Å². The number of rotatable bonds is 3. The average Bonchev–Trinajstić information content (AvgIpc) is 2.55. The van der Waals surface area contributed by atoms with E-state index in [0.29, 0.717) is 19.1 Å². The first kappa shape index (κ1) is 14.0. The Bertz CT molecular complexity index is 615. The standard InChI is InChI=1S/C14H15ClN4O2/c1-20-13-3-2-10(9-16-13)11-8-12(18-14(15)17-11)19-4-6-21-7-5-19/h2-3,8-9H,4-7H2,1H3. The second kappa shape index (κ2) is 6.24. The number of ether oxygens (including phenoxy) is 2. The summed E-state index contributed by atoms with van der Waals surface area (Å²) < 4.78 is 10.4. The molecule has 0 amide bonds. The first-order valence-electron chi connectivity index (χ1n) is 6.64. The Morgan fingerprint density at radius 2 is 2.05 bits per heavy atom. The maximum atomic E-state index is 6.05. The van der Waals surface area contributed by atoms with Crippen LogP contribution in [0.4, 0.5) is 5.82 Å². The molecule has 3 rings (SSSR count). The van der Waals surface area contributed by atoms with Crippen LogP contribution in [0.1, 0.15) is 0 Å². The molecule has 21 heavy (non-hydrogen) atoms. The third-order valence-electron chi connectivity index (χ3n) is 3.26. The molecule has 3 heterocycles. The summed E-state index contributed by atoms with van der Waals surface area (Å²) >= 11 is 6.05. The molecule has 1 fully saturated rings. The molecular formula is C14H15ClN4O2. The Balaban J connectivity index is 1.92. The van der Waals surface area contributed by atoms with Crippen LogP contribution in [-0.2, 0) is 4.74 Å². The molecule has 0 atom stereocenters.